The van der Waals surface area contributed by atoms with E-state index in [1.165, 1.54) is 0 Å². The maximum absolute atomic E-state index is 10.3. The summed E-state index contributed by atoms with van der Waals surface area (Å²) in [6.45, 7) is 4.30. The minimum absolute atomic E-state index is 0.567. The first-order valence-electron chi connectivity index (χ1n) is 6.95. The van der Waals surface area contributed by atoms with Gasteiger partial charge in [0, 0.05) is 22.6 Å². The van der Waals surface area contributed by atoms with Crippen LogP contribution < -0.4 is 0 Å². The zero-order valence-corrected chi connectivity index (χ0v) is 14.0. The minimum atomic E-state index is -0.599. The van der Waals surface area contributed by atoms with Crippen LogP contribution in [0.2, 0.25) is 5.02 Å². The van der Waals surface area contributed by atoms with E-state index in [4.69, 9.17) is 11.6 Å². The molecular weight excluding hydrogens is 342 g/mol. The number of halogens is 2. The zero-order valence-electron chi connectivity index (χ0n) is 11.6. The number of aliphatic hydroxyl groups excluding tert-OH is 1. The molecule has 0 bridgehead atoms. The second kappa shape index (κ2) is 6.75. The number of hydrogen-bond acceptors (Lipinski definition) is 3. The lowest BCUT2D eigenvalue weighted by molar-refractivity contribution is -0.0191. The molecule has 0 aromatic heterocycles. The first-order valence-corrected chi connectivity index (χ1v) is 8.12. The molecule has 2 unspecified atom stereocenters. The topological polar surface area (TPSA) is 43.7 Å². The molecule has 20 heavy (non-hydrogen) atoms. The normalized spacial score (nSPS) is 25.6. The van der Waals surface area contributed by atoms with E-state index in [-0.39, 0.29) is 0 Å². The van der Waals surface area contributed by atoms with Gasteiger partial charge in [0.2, 0.25) is 0 Å². The number of aliphatic hydroxyl groups is 2. The summed E-state index contributed by atoms with van der Waals surface area (Å²) in [6, 6.07) is 5.53. The summed E-state index contributed by atoms with van der Waals surface area (Å²) in [6.07, 6.45) is 1.91. The third-order valence-corrected chi connectivity index (χ3v) is 4.61. The van der Waals surface area contributed by atoms with Crippen LogP contribution in [0.3, 0.4) is 0 Å². The molecule has 0 aliphatic carbocycles. The third-order valence-electron chi connectivity index (χ3n) is 3.79. The number of nitrogens with zero attached hydrogens (tertiary/aromatic N) is 1. The zero-order chi connectivity index (χ0) is 14.8. The molecule has 5 heteroatoms. The molecular formula is C15H21BrClNO2. The Balaban J connectivity index is 1.90. The summed E-state index contributed by atoms with van der Waals surface area (Å²) < 4.78 is 0.908. The molecule has 2 rings (SSSR count). The van der Waals surface area contributed by atoms with Crippen molar-refractivity contribution in [3.8, 4) is 0 Å². The van der Waals surface area contributed by atoms with E-state index in [0.717, 1.165) is 36.0 Å². The lowest BCUT2D eigenvalue weighted by Crippen LogP contribution is -2.46. The number of piperidine rings is 1. The Bertz CT molecular complexity index is 467. The van der Waals surface area contributed by atoms with Crippen LogP contribution in [0.25, 0.3) is 0 Å². The van der Waals surface area contributed by atoms with Crippen molar-refractivity contribution in [1.82, 2.24) is 4.90 Å². The number of rotatable bonds is 4. The Labute approximate surface area is 133 Å². The van der Waals surface area contributed by atoms with Crippen LogP contribution >= 0.6 is 27.5 Å². The quantitative estimate of drug-likeness (QED) is 0.863. The Hall–Kier alpha value is -0.130. The van der Waals surface area contributed by atoms with E-state index in [9.17, 15) is 10.2 Å². The fourth-order valence-electron chi connectivity index (χ4n) is 2.75. The van der Waals surface area contributed by atoms with E-state index >= 15 is 0 Å². The molecule has 1 aromatic rings. The van der Waals surface area contributed by atoms with Gasteiger partial charge >= 0.3 is 0 Å². The molecule has 0 amide bonds. The molecule has 1 aromatic carbocycles. The highest BCUT2D eigenvalue weighted by molar-refractivity contribution is 9.10. The van der Waals surface area contributed by atoms with Gasteiger partial charge in [-0.1, -0.05) is 33.6 Å². The van der Waals surface area contributed by atoms with E-state index in [1.54, 1.807) is 6.07 Å². The summed E-state index contributed by atoms with van der Waals surface area (Å²) in [4.78, 5) is 2.21. The number of likely N-dealkylation sites (tertiary alicyclic amines) is 1. The van der Waals surface area contributed by atoms with E-state index in [0.29, 0.717) is 18.0 Å². The third kappa shape index (κ3) is 4.43. The lowest BCUT2D eigenvalue weighted by Gasteiger charge is -2.37. The summed E-state index contributed by atoms with van der Waals surface area (Å²) in [5.41, 5.74) is 0.164. The average molecular weight is 363 g/mol. The molecule has 1 aliphatic heterocycles. The first-order chi connectivity index (χ1) is 9.37. The van der Waals surface area contributed by atoms with Gasteiger partial charge in [0.15, 0.2) is 0 Å². The van der Waals surface area contributed by atoms with Gasteiger partial charge in [-0.3, -0.25) is 0 Å². The van der Waals surface area contributed by atoms with Crippen molar-refractivity contribution >= 4 is 27.5 Å². The summed E-state index contributed by atoms with van der Waals surface area (Å²) >= 11 is 9.50. The molecule has 3 nitrogen and oxygen atoms in total. The molecule has 112 valence electrons. The van der Waals surface area contributed by atoms with Crippen LogP contribution in [-0.2, 0) is 0 Å². The molecule has 0 saturated carbocycles. The minimum Gasteiger partial charge on any atom is -0.389 e. The number of benzene rings is 1. The monoisotopic (exact) mass is 361 g/mol. The fraction of sp³-hybridized carbons (Fsp3) is 0.600. The van der Waals surface area contributed by atoms with Gasteiger partial charge in [0.05, 0.1) is 11.7 Å². The van der Waals surface area contributed by atoms with Crippen molar-refractivity contribution < 1.29 is 10.2 Å². The fourth-order valence-corrected chi connectivity index (χ4v) is 3.55. The van der Waals surface area contributed by atoms with Crippen LogP contribution in [0.1, 0.15) is 37.9 Å². The summed E-state index contributed by atoms with van der Waals surface area (Å²) in [7, 11) is 0. The highest BCUT2D eigenvalue weighted by Crippen LogP contribution is 2.29. The van der Waals surface area contributed by atoms with Gasteiger partial charge in [-0.2, -0.15) is 0 Å². The predicted octanol–water partition coefficient (Wildman–Crippen LogP) is 3.37. The Kier molecular flexibility index (Phi) is 5.49. The van der Waals surface area contributed by atoms with Crippen molar-refractivity contribution in [2.24, 2.45) is 0 Å². The molecule has 2 atom stereocenters. The van der Waals surface area contributed by atoms with Crippen LogP contribution in [0.5, 0.6) is 0 Å². The van der Waals surface area contributed by atoms with Crippen LogP contribution in [0, 0.1) is 0 Å². The van der Waals surface area contributed by atoms with Gasteiger partial charge in [0.1, 0.15) is 0 Å². The average Bonchev–Trinajstić information content (AvgIpc) is 2.35. The second-order valence-corrected chi connectivity index (χ2v) is 7.17. The predicted molar refractivity (Wildman–Crippen MR) is 85.0 cm³/mol. The number of β-amino-alcohol motifs (C(OH)–C–C–N with tert-alkyl or cyclic N) is 1. The van der Waals surface area contributed by atoms with Crippen molar-refractivity contribution in [2.45, 2.75) is 37.9 Å². The van der Waals surface area contributed by atoms with Gasteiger partial charge < -0.3 is 15.1 Å². The smallest absolute Gasteiger partial charge is 0.0816 e. The SMILES string of the molecule is CC1(O)CCCN(CCC(O)c2ccc(Br)cc2Cl)C1. The lowest BCUT2D eigenvalue weighted by atomic mass is 9.95. The standard InChI is InChI=1S/C15H21BrClNO2/c1-15(20)6-2-7-18(10-15)8-5-14(19)12-4-3-11(16)9-13(12)17/h3-4,9,14,19-20H,2,5-8,10H2,1H3. The van der Waals surface area contributed by atoms with Crippen molar-refractivity contribution in [1.29, 1.82) is 0 Å². The molecule has 0 radical (unpaired) electrons. The van der Waals surface area contributed by atoms with E-state index in [1.807, 2.05) is 19.1 Å². The molecule has 1 heterocycles. The van der Waals surface area contributed by atoms with Crippen LogP contribution in [0.15, 0.2) is 22.7 Å². The Morgan fingerprint density at radius 3 is 2.90 bits per heavy atom. The van der Waals surface area contributed by atoms with Crippen molar-refractivity contribution in [2.75, 3.05) is 19.6 Å². The van der Waals surface area contributed by atoms with E-state index < -0.39 is 11.7 Å². The molecule has 1 aliphatic rings. The van der Waals surface area contributed by atoms with Crippen LogP contribution in [-0.4, -0.2) is 40.3 Å². The summed E-state index contributed by atoms with van der Waals surface area (Å²) in [5.74, 6) is 0. The molecule has 2 N–H and O–H groups in total. The van der Waals surface area contributed by atoms with Crippen molar-refractivity contribution in [3.63, 3.8) is 0 Å². The van der Waals surface area contributed by atoms with Gasteiger partial charge in [-0.05, 0) is 50.4 Å². The summed E-state index contributed by atoms with van der Waals surface area (Å²) in [5, 5.41) is 20.9. The van der Waals surface area contributed by atoms with Crippen molar-refractivity contribution in [3.05, 3.63) is 33.3 Å². The maximum atomic E-state index is 10.3. The van der Waals surface area contributed by atoms with Gasteiger partial charge in [-0.25, -0.2) is 0 Å². The highest BCUT2D eigenvalue weighted by Gasteiger charge is 2.28. The van der Waals surface area contributed by atoms with Gasteiger partial charge in [-0.15, -0.1) is 0 Å². The van der Waals surface area contributed by atoms with E-state index in [2.05, 4.69) is 20.8 Å². The largest absolute Gasteiger partial charge is 0.389 e. The Morgan fingerprint density at radius 2 is 2.25 bits per heavy atom. The van der Waals surface area contributed by atoms with Gasteiger partial charge in [0.25, 0.3) is 0 Å². The molecule has 0 spiro atoms. The highest BCUT2D eigenvalue weighted by atomic mass is 79.9. The van der Waals surface area contributed by atoms with Crippen LogP contribution in [0.4, 0.5) is 0 Å². The Morgan fingerprint density at radius 1 is 1.50 bits per heavy atom. The second-order valence-electron chi connectivity index (χ2n) is 5.85. The maximum Gasteiger partial charge on any atom is 0.0816 e. The number of hydrogen-bond donors (Lipinski definition) is 2. The molecule has 1 saturated heterocycles. The molecule has 1 fully saturated rings. The first kappa shape index (κ1) is 16.2.